The highest BCUT2D eigenvalue weighted by Crippen LogP contribution is 2.26. The molecule has 0 atom stereocenters. The maximum atomic E-state index is 12.9. The molecule has 0 aromatic heterocycles. The van der Waals surface area contributed by atoms with Gasteiger partial charge in [0.1, 0.15) is 0 Å². The Hall–Kier alpha value is -3.38. The monoisotopic (exact) mass is 312 g/mol. The van der Waals surface area contributed by atoms with Gasteiger partial charge in [0, 0.05) is 5.69 Å². The molecule has 3 nitrogen and oxygen atoms in total. The normalized spacial score (nSPS) is 10.2. The summed E-state index contributed by atoms with van der Waals surface area (Å²) in [6, 6.07) is 28.3. The fourth-order valence-electron chi connectivity index (χ4n) is 2.63. The molecule has 3 rings (SSSR count). The SMILES string of the molecule is N#Cc1ccc(NC(=O)C(c2ccccc2)c2ccccc2)cc1. The zero-order valence-electron chi connectivity index (χ0n) is 13.0. The van der Waals surface area contributed by atoms with Gasteiger partial charge in [0.2, 0.25) is 5.91 Å². The van der Waals surface area contributed by atoms with E-state index in [4.69, 9.17) is 5.26 Å². The number of carbonyl (C=O) groups excluding carboxylic acids is 1. The van der Waals surface area contributed by atoms with Crippen molar-refractivity contribution < 1.29 is 4.79 Å². The second-order valence-corrected chi connectivity index (χ2v) is 5.43. The molecule has 0 heterocycles. The summed E-state index contributed by atoms with van der Waals surface area (Å²) in [5.41, 5.74) is 3.12. The van der Waals surface area contributed by atoms with Gasteiger partial charge in [-0.2, -0.15) is 5.26 Å². The van der Waals surface area contributed by atoms with Gasteiger partial charge in [-0.3, -0.25) is 4.79 Å². The summed E-state index contributed by atoms with van der Waals surface area (Å²) >= 11 is 0. The first-order valence-electron chi connectivity index (χ1n) is 7.69. The second-order valence-electron chi connectivity index (χ2n) is 5.43. The van der Waals surface area contributed by atoms with Gasteiger partial charge in [0.25, 0.3) is 0 Å². The molecule has 3 heteroatoms. The van der Waals surface area contributed by atoms with Crippen LogP contribution in [0, 0.1) is 11.3 Å². The fraction of sp³-hybridized carbons (Fsp3) is 0.0476. The van der Waals surface area contributed by atoms with E-state index >= 15 is 0 Å². The van der Waals surface area contributed by atoms with Crippen molar-refractivity contribution in [1.82, 2.24) is 0 Å². The number of rotatable bonds is 4. The third kappa shape index (κ3) is 3.50. The van der Waals surface area contributed by atoms with E-state index in [1.807, 2.05) is 60.7 Å². The van der Waals surface area contributed by atoms with E-state index in [9.17, 15) is 4.79 Å². The first-order chi connectivity index (χ1) is 11.8. The summed E-state index contributed by atoms with van der Waals surface area (Å²) in [4.78, 5) is 12.9. The van der Waals surface area contributed by atoms with E-state index in [0.717, 1.165) is 11.1 Å². The van der Waals surface area contributed by atoms with E-state index < -0.39 is 0 Å². The first-order valence-corrected chi connectivity index (χ1v) is 7.69. The van der Waals surface area contributed by atoms with Gasteiger partial charge in [-0.1, -0.05) is 60.7 Å². The lowest BCUT2D eigenvalue weighted by atomic mass is 9.90. The van der Waals surface area contributed by atoms with Crippen molar-refractivity contribution in [3.63, 3.8) is 0 Å². The van der Waals surface area contributed by atoms with Gasteiger partial charge < -0.3 is 5.32 Å². The van der Waals surface area contributed by atoms with Crippen molar-refractivity contribution in [2.45, 2.75) is 5.92 Å². The summed E-state index contributed by atoms with van der Waals surface area (Å²) in [6.45, 7) is 0. The number of nitriles is 1. The highest BCUT2D eigenvalue weighted by Gasteiger charge is 2.22. The van der Waals surface area contributed by atoms with Crippen LogP contribution in [0.15, 0.2) is 84.9 Å². The molecule has 0 bridgehead atoms. The molecular weight excluding hydrogens is 296 g/mol. The molecule has 1 N–H and O–H groups in total. The Morgan fingerprint density at radius 3 is 1.75 bits per heavy atom. The molecule has 0 aliphatic rings. The van der Waals surface area contributed by atoms with Crippen molar-refractivity contribution in [3.8, 4) is 6.07 Å². The largest absolute Gasteiger partial charge is 0.325 e. The molecule has 24 heavy (non-hydrogen) atoms. The molecule has 0 aliphatic heterocycles. The van der Waals surface area contributed by atoms with E-state index in [0.29, 0.717) is 11.3 Å². The van der Waals surface area contributed by atoms with Gasteiger partial charge in [0.05, 0.1) is 17.6 Å². The summed E-state index contributed by atoms with van der Waals surface area (Å²) in [5.74, 6) is -0.486. The van der Waals surface area contributed by atoms with Crippen LogP contribution in [0.5, 0.6) is 0 Å². The summed E-state index contributed by atoms with van der Waals surface area (Å²) in [6.07, 6.45) is 0. The molecular formula is C21H16N2O. The molecule has 3 aromatic rings. The molecule has 0 unspecified atom stereocenters. The lowest BCUT2D eigenvalue weighted by molar-refractivity contribution is -0.116. The standard InChI is InChI=1S/C21H16N2O/c22-15-16-11-13-19(14-12-16)23-21(24)20(17-7-3-1-4-8-17)18-9-5-2-6-10-18/h1-14,20H,(H,23,24). The topological polar surface area (TPSA) is 52.9 Å². The summed E-state index contributed by atoms with van der Waals surface area (Å²) < 4.78 is 0. The third-order valence-corrected chi connectivity index (χ3v) is 3.81. The molecule has 1 amide bonds. The summed E-state index contributed by atoms with van der Waals surface area (Å²) in [7, 11) is 0. The van der Waals surface area contributed by atoms with Gasteiger partial charge in [-0.25, -0.2) is 0 Å². The number of hydrogen-bond donors (Lipinski definition) is 1. The van der Waals surface area contributed by atoms with Gasteiger partial charge >= 0.3 is 0 Å². The molecule has 0 fully saturated rings. The fourth-order valence-corrected chi connectivity index (χ4v) is 2.63. The maximum Gasteiger partial charge on any atom is 0.236 e. The average Bonchev–Trinajstić information content (AvgIpc) is 2.64. The van der Waals surface area contributed by atoms with Crippen LogP contribution in [0.3, 0.4) is 0 Å². The van der Waals surface area contributed by atoms with Crippen LogP contribution in [-0.4, -0.2) is 5.91 Å². The lowest BCUT2D eigenvalue weighted by Gasteiger charge is -2.18. The Labute approximate surface area is 141 Å². The number of benzene rings is 3. The molecule has 0 saturated carbocycles. The predicted molar refractivity (Wildman–Crippen MR) is 94.5 cm³/mol. The first kappa shape index (κ1) is 15.5. The Bertz CT molecular complexity index is 810. The van der Waals surface area contributed by atoms with E-state index in [-0.39, 0.29) is 11.8 Å². The molecule has 116 valence electrons. The molecule has 0 spiro atoms. The third-order valence-electron chi connectivity index (χ3n) is 3.81. The van der Waals surface area contributed by atoms with Crippen LogP contribution in [0.4, 0.5) is 5.69 Å². The smallest absolute Gasteiger partial charge is 0.236 e. The van der Waals surface area contributed by atoms with Crippen LogP contribution in [-0.2, 0) is 4.79 Å². The minimum Gasteiger partial charge on any atom is -0.325 e. The maximum absolute atomic E-state index is 12.9. The predicted octanol–water partition coefficient (Wildman–Crippen LogP) is 4.33. The van der Waals surface area contributed by atoms with E-state index in [2.05, 4.69) is 11.4 Å². The summed E-state index contributed by atoms with van der Waals surface area (Å²) in [5, 5.41) is 11.8. The Morgan fingerprint density at radius 1 is 0.792 bits per heavy atom. The van der Waals surface area contributed by atoms with Gasteiger partial charge in [-0.05, 0) is 35.4 Å². The molecule has 0 radical (unpaired) electrons. The Balaban J connectivity index is 1.90. The number of nitrogens with one attached hydrogen (secondary N) is 1. The number of carbonyl (C=O) groups is 1. The van der Waals surface area contributed by atoms with Crippen molar-refractivity contribution >= 4 is 11.6 Å². The van der Waals surface area contributed by atoms with Crippen LogP contribution in [0.25, 0.3) is 0 Å². The lowest BCUT2D eigenvalue weighted by Crippen LogP contribution is -2.22. The minimum atomic E-state index is -0.386. The number of anilines is 1. The van der Waals surface area contributed by atoms with Gasteiger partial charge in [0.15, 0.2) is 0 Å². The minimum absolute atomic E-state index is 0.0999. The number of hydrogen-bond acceptors (Lipinski definition) is 2. The van der Waals surface area contributed by atoms with Crippen LogP contribution < -0.4 is 5.32 Å². The second kappa shape index (κ2) is 7.26. The van der Waals surface area contributed by atoms with Crippen LogP contribution in [0.2, 0.25) is 0 Å². The molecule has 0 saturated heterocycles. The van der Waals surface area contributed by atoms with Gasteiger partial charge in [-0.15, -0.1) is 0 Å². The average molecular weight is 312 g/mol. The van der Waals surface area contributed by atoms with Crippen LogP contribution >= 0.6 is 0 Å². The van der Waals surface area contributed by atoms with Crippen molar-refractivity contribution in [2.24, 2.45) is 0 Å². The Kier molecular flexibility index (Phi) is 4.69. The van der Waals surface area contributed by atoms with Crippen molar-refractivity contribution in [2.75, 3.05) is 5.32 Å². The number of nitrogens with zero attached hydrogens (tertiary/aromatic N) is 1. The van der Waals surface area contributed by atoms with Crippen LogP contribution in [0.1, 0.15) is 22.6 Å². The molecule has 3 aromatic carbocycles. The zero-order chi connectivity index (χ0) is 16.8. The van der Waals surface area contributed by atoms with E-state index in [1.165, 1.54) is 0 Å². The molecule has 0 aliphatic carbocycles. The van der Waals surface area contributed by atoms with E-state index in [1.54, 1.807) is 24.3 Å². The zero-order valence-corrected chi connectivity index (χ0v) is 13.0. The van der Waals surface area contributed by atoms with Crippen molar-refractivity contribution in [1.29, 1.82) is 5.26 Å². The Morgan fingerprint density at radius 2 is 1.29 bits per heavy atom. The highest BCUT2D eigenvalue weighted by atomic mass is 16.1. The highest BCUT2D eigenvalue weighted by molar-refractivity contribution is 5.98. The van der Waals surface area contributed by atoms with Crippen molar-refractivity contribution in [3.05, 3.63) is 102 Å². The number of amides is 1. The quantitative estimate of drug-likeness (QED) is 0.779.